The first-order valence-electron chi connectivity index (χ1n) is 10.5. The van der Waals surface area contributed by atoms with Gasteiger partial charge < -0.3 is 15.9 Å². The maximum absolute atomic E-state index is 12.2. The zero-order valence-corrected chi connectivity index (χ0v) is 18.1. The second-order valence-electron chi connectivity index (χ2n) is 8.77. The number of pyridine rings is 2. The van der Waals surface area contributed by atoms with Crippen LogP contribution in [0.5, 0.6) is 0 Å². The number of amides is 1. The molecule has 2 heterocycles. The molecule has 2 aromatic heterocycles. The number of aryl methyl sites for hydroxylation is 1. The Kier molecular flexibility index (Phi) is 5.35. The van der Waals surface area contributed by atoms with E-state index >= 15 is 0 Å². The van der Waals surface area contributed by atoms with E-state index in [1.54, 1.807) is 12.1 Å². The number of carbonyl (C=O) groups is 1. The average Bonchev–Trinajstić information content (AvgIpc) is 2.72. The van der Waals surface area contributed by atoms with E-state index in [0.29, 0.717) is 17.2 Å². The Bertz CT molecular complexity index is 1180. The van der Waals surface area contributed by atoms with E-state index in [-0.39, 0.29) is 0 Å². The van der Waals surface area contributed by atoms with Crippen molar-refractivity contribution in [2.24, 2.45) is 0 Å². The smallest absolute Gasteiger partial charge is 0.413 e. The number of nitrogen functional groups attached to an aromatic ring is 1. The number of fused-ring (bicyclic) bond motifs is 3. The zero-order chi connectivity index (χ0) is 22.2. The summed E-state index contributed by atoms with van der Waals surface area (Å²) in [5, 5.41) is 11.5. The van der Waals surface area contributed by atoms with E-state index in [9.17, 15) is 4.79 Å². The SMILES string of the molecule is CC(C)(C)OC(=O)Nc1cccc(-c2nc3ccc(N)c(C=N)c3c3c2CCCC3)n1. The van der Waals surface area contributed by atoms with Gasteiger partial charge in [-0.3, -0.25) is 5.32 Å². The fraction of sp³-hybridized carbons (Fsp3) is 0.333. The Morgan fingerprint density at radius 3 is 2.58 bits per heavy atom. The molecule has 0 saturated heterocycles. The summed E-state index contributed by atoms with van der Waals surface area (Å²) in [7, 11) is 0. The first kappa shape index (κ1) is 20.8. The van der Waals surface area contributed by atoms with Crippen LogP contribution in [0, 0.1) is 5.41 Å². The lowest BCUT2D eigenvalue weighted by molar-refractivity contribution is 0.0635. The van der Waals surface area contributed by atoms with Gasteiger partial charge in [0.25, 0.3) is 0 Å². The average molecular weight is 418 g/mol. The van der Waals surface area contributed by atoms with Crippen molar-refractivity contribution in [1.82, 2.24) is 9.97 Å². The molecule has 4 N–H and O–H groups in total. The van der Waals surface area contributed by atoms with Crippen molar-refractivity contribution in [3.8, 4) is 11.4 Å². The number of hydrogen-bond donors (Lipinski definition) is 3. The third-order valence-corrected chi connectivity index (χ3v) is 5.31. The molecule has 3 aromatic rings. The maximum Gasteiger partial charge on any atom is 0.413 e. The molecule has 0 aliphatic heterocycles. The molecule has 4 rings (SSSR count). The van der Waals surface area contributed by atoms with Crippen molar-refractivity contribution in [3.63, 3.8) is 0 Å². The number of nitrogens with zero attached hydrogens (tertiary/aromatic N) is 2. The van der Waals surface area contributed by atoms with E-state index in [4.69, 9.17) is 20.9 Å². The summed E-state index contributed by atoms with van der Waals surface area (Å²) >= 11 is 0. The second kappa shape index (κ2) is 7.98. The van der Waals surface area contributed by atoms with Crippen LogP contribution < -0.4 is 11.1 Å². The van der Waals surface area contributed by atoms with Crippen molar-refractivity contribution in [1.29, 1.82) is 5.41 Å². The predicted octanol–water partition coefficient (Wildman–Crippen LogP) is 5.10. The molecule has 0 saturated carbocycles. The van der Waals surface area contributed by atoms with Gasteiger partial charge in [0.05, 0.1) is 16.9 Å². The van der Waals surface area contributed by atoms with Crippen molar-refractivity contribution >= 4 is 34.7 Å². The van der Waals surface area contributed by atoms with Crippen LogP contribution in [0.15, 0.2) is 30.3 Å². The lowest BCUT2D eigenvalue weighted by atomic mass is 9.85. The molecule has 0 fully saturated rings. The van der Waals surface area contributed by atoms with E-state index in [2.05, 4.69) is 10.3 Å². The molecule has 1 aliphatic carbocycles. The number of hydrogen-bond acceptors (Lipinski definition) is 6. The minimum atomic E-state index is -0.588. The third-order valence-electron chi connectivity index (χ3n) is 5.31. The van der Waals surface area contributed by atoms with Gasteiger partial charge in [-0.15, -0.1) is 0 Å². The quantitative estimate of drug-likeness (QED) is 0.405. The molecule has 7 heteroatoms. The van der Waals surface area contributed by atoms with Gasteiger partial charge in [0, 0.05) is 22.9 Å². The molecule has 0 radical (unpaired) electrons. The van der Waals surface area contributed by atoms with Crippen LogP contribution >= 0.6 is 0 Å². The number of nitrogens with one attached hydrogen (secondary N) is 2. The summed E-state index contributed by atoms with van der Waals surface area (Å²) in [6.45, 7) is 5.45. The fourth-order valence-corrected chi connectivity index (χ4v) is 4.08. The van der Waals surface area contributed by atoms with Crippen molar-refractivity contribution in [3.05, 3.63) is 47.0 Å². The Hall–Kier alpha value is -3.48. The highest BCUT2D eigenvalue weighted by atomic mass is 16.6. The Morgan fingerprint density at radius 2 is 1.87 bits per heavy atom. The zero-order valence-electron chi connectivity index (χ0n) is 18.1. The van der Waals surface area contributed by atoms with Crippen LogP contribution in [0.1, 0.15) is 50.3 Å². The van der Waals surface area contributed by atoms with Gasteiger partial charge in [-0.05, 0) is 81.8 Å². The van der Waals surface area contributed by atoms with Crippen LogP contribution in [0.4, 0.5) is 16.3 Å². The van der Waals surface area contributed by atoms with Crippen LogP contribution in [0.25, 0.3) is 22.3 Å². The molecule has 0 spiro atoms. The molecular weight excluding hydrogens is 390 g/mol. The third kappa shape index (κ3) is 4.21. The van der Waals surface area contributed by atoms with Crippen molar-refractivity contribution in [2.45, 2.75) is 52.1 Å². The number of benzene rings is 1. The van der Waals surface area contributed by atoms with E-state index in [0.717, 1.165) is 53.4 Å². The minimum Gasteiger partial charge on any atom is -0.444 e. The van der Waals surface area contributed by atoms with Gasteiger partial charge in [0.15, 0.2) is 0 Å². The monoisotopic (exact) mass is 417 g/mol. The normalized spacial score (nSPS) is 13.5. The standard InChI is InChI=1S/C24H27N5O2/c1-24(2,3)31-23(30)29-20-10-6-9-19(27-20)22-15-8-5-4-7-14(15)21-16(13-25)17(26)11-12-18(21)28-22/h6,9-13,25H,4-5,7-8,26H2,1-3H3,(H,27,29,30). The van der Waals surface area contributed by atoms with Gasteiger partial charge in [-0.1, -0.05) is 6.07 Å². The lowest BCUT2D eigenvalue weighted by Crippen LogP contribution is -2.27. The maximum atomic E-state index is 12.2. The van der Waals surface area contributed by atoms with Gasteiger partial charge in [0.1, 0.15) is 11.4 Å². The number of ether oxygens (including phenoxy) is 1. The molecule has 0 unspecified atom stereocenters. The molecule has 160 valence electrons. The summed E-state index contributed by atoms with van der Waals surface area (Å²) in [6, 6.07) is 9.18. The topological polar surface area (TPSA) is 114 Å². The lowest BCUT2D eigenvalue weighted by Gasteiger charge is -2.22. The summed E-state index contributed by atoms with van der Waals surface area (Å²) in [6.07, 6.45) is 4.75. The van der Waals surface area contributed by atoms with E-state index in [1.807, 2.05) is 39.0 Å². The molecule has 0 bridgehead atoms. The van der Waals surface area contributed by atoms with Crippen LogP contribution in [-0.4, -0.2) is 27.9 Å². The van der Waals surface area contributed by atoms with E-state index < -0.39 is 11.7 Å². The molecule has 0 atom stereocenters. The molecule has 7 nitrogen and oxygen atoms in total. The summed E-state index contributed by atoms with van der Waals surface area (Å²) in [5.41, 5.74) is 11.5. The number of anilines is 2. The van der Waals surface area contributed by atoms with Gasteiger partial charge in [0.2, 0.25) is 0 Å². The number of carbonyl (C=O) groups excluding carboxylic acids is 1. The highest BCUT2D eigenvalue weighted by Gasteiger charge is 2.23. The van der Waals surface area contributed by atoms with Crippen LogP contribution in [-0.2, 0) is 17.6 Å². The molecule has 1 amide bonds. The first-order valence-corrected chi connectivity index (χ1v) is 10.5. The fourth-order valence-electron chi connectivity index (χ4n) is 4.08. The first-order chi connectivity index (χ1) is 14.8. The van der Waals surface area contributed by atoms with Gasteiger partial charge >= 0.3 is 6.09 Å². The summed E-state index contributed by atoms with van der Waals surface area (Å²) in [5.74, 6) is 0.413. The number of nitrogens with two attached hydrogens (primary N) is 1. The van der Waals surface area contributed by atoms with Crippen molar-refractivity contribution < 1.29 is 9.53 Å². The van der Waals surface area contributed by atoms with Gasteiger partial charge in [-0.25, -0.2) is 14.8 Å². The largest absolute Gasteiger partial charge is 0.444 e. The highest BCUT2D eigenvalue weighted by Crippen LogP contribution is 2.37. The Labute approximate surface area is 181 Å². The van der Waals surface area contributed by atoms with Crippen LogP contribution in [0.3, 0.4) is 0 Å². The molecule has 31 heavy (non-hydrogen) atoms. The number of aromatic nitrogens is 2. The predicted molar refractivity (Wildman–Crippen MR) is 124 cm³/mol. The summed E-state index contributed by atoms with van der Waals surface area (Å²) < 4.78 is 5.33. The Morgan fingerprint density at radius 1 is 1.13 bits per heavy atom. The summed E-state index contributed by atoms with van der Waals surface area (Å²) in [4.78, 5) is 21.7. The van der Waals surface area contributed by atoms with E-state index in [1.165, 1.54) is 11.8 Å². The van der Waals surface area contributed by atoms with Crippen molar-refractivity contribution in [2.75, 3.05) is 11.1 Å². The number of rotatable bonds is 3. The molecular formula is C24H27N5O2. The van der Waals surface area contributed by atoms with Gasteiger partial charge in [-0.2, -0.15) is 0 Å². The minimum absolute atomic E-state index is 0.413. The Balaban J connectivity index is 1.81. The highest BCUT2D eigenvalue weighted by molar-refractivity contribution is 6.05. The molecule has 1 aliphatic rings. The van der Waals surface area contributed by atoms with Crippen LogP contribution in [0.2, 0.25) is 0 Å². The molecule has 1 aromatic carbocycles. The second-order valence-corrected chi connectivity index (χ2v) is 8.77.